The van der Waals surface area contributed by atoms with Crippen LogP contribution in [0.25, 0.3) is 0 Å². The van der Waals surface area contributed by atoms with E-state index in [2.05, 4.69) is 53.8 Å². The Morgan fingerprint density at radius 1 is 1.30 bits per heavy atom. The summed E-state index contributed by atoms with van der Waals surface area (Å²) in [5.74, 6) is 0. The Kier molecular flexibility index (Phi) is 5.22. The quantitative estimate of drug-likeness (QED) is 0.832. The first-order valence-electron chi connectivity index (χ1n) is 8.11. The van der Waals surface area contributed by atoms with Crippen molar-refractivity contribution < 1.29 is 0 Å². The molecule has 20 heavy (non-hydrogen) atoms. The number of likely N-dealkylation sites (tertiary alicyclic amines) is 1. The third-order valence-corrected chi connectivity index (χ3v) is 4.57. The molecule has 1 aliphatic rings. The fourth-order valence-corrected chi connectivity index (χ4v) is 3.33. The van der Waals surface area contributed by atoms with Gasteiger partial charge in [0.05, 0.1) is 11.7 Å². The Morgan fingerprint density at radius 2 is 2.00 bits per heavy atom. The molecule has 0 radical (unpaired) electrons. The van der Waals surface area contributed by atoms with Crippen LogP contribution in [0.5, 0.6) is 0 Å². The summed E-state index contributed by atoms with van der Waals surface area (Å²) in [6, 6.07) is 2.51. The molecular formula is C16H30N4. The molecule has 114 valence electrons. The first-order valence-corrected chi connectivity index (χ1v) is 8.11. The van der Waals surface area contributed by atoms with Gasteiger partial charge < -0.3 is 5.32 Å². The van der Waals surface area contributed by atoms with Crippen molar-refractivity contribution in [2.24, 2.45) is 0 Å². The number of hydrogen-bond donors (Lipinski definition) is 1. The van der Waals surface area contributed by atoms with Crippen LogP contribution in [0.15, 0.2) is 12.3 Å². The Labute approximate surface area is 123 Å². The molecule has 0 aromatic carbocycles. The number of hydrogen-bond acceptors (Lipinski definition) is 3. The Bertz CT molecular complexity index is 404. The van der Waals surface area contributed by atoms with E-state index in [0.717, 1.165) is 19.5 Å². The van der Waals surface area contributed by atoms with Crippen LogP contribution in [0.2, 0.25) is 0 Å². The van der Waals surface area contributed by atoms with Gasteiger partial charge in [-0.25, -0.2) is 0 Å². The number of nitrogens with zero attached hydrogens (tertiary/aromatic N) is 3. The molecule has 0 amide bonds. The van der Waals surface area contributed by atoms with Gasteiger partial charge in [-0.05, 0) is 65.7 Å². The Morgan fingerprint density at radius 3 is 2.60 bits per heavy atom. The molecule has 1 atom stereocenters. The Hall–Kier alpha value is -0.870. The second-order valence-electron chi connectivity index (χ2n) is 6.31. The minimum Gasteiger partial charge on any atom is -0.307 e. The lowest BCUT2D eigenvalue weighted by atomic mass is 9.89. The van der Waals surface area contributed by atoms with Gasteiger partial charge in [-0.15, -0.1) is 0 Å². The highest BCUT2D eigenvalue weighted by Gasteiger charge is 2.38. The number of nitrogens with one attached hydrogen (secondary N) is 1. The fraction of sp³-hybridized carbons (Fsp3) is 0.812. The predicted molar refractivity (Wildman–Crippen MR) is 83.8 cm³/mol. The molecule has 1 N–H and O–H groups in total. The normalized spacial score (nSPS) is 18.6. The molecule has 0 bridgehead atoms. The lowest BCUT2D eigenvalue weighted by molar-refractivity contribution is 0.102. The summed E-state index contributed by atoms with van der Waals surface area (Å²) in [6.07, 6.45) is 5.75. The SMILES string of the molecule is CCCNC(c1ccnn1CC)C(C)(C)N1CCCC1. The van der Waals surface area contributed by atoms with Crippen LogP contribution in [0.4, 0.5) is 0 Å². The maximum absolute atomic E-state index is 4.46. The van der Waals surface area contributed by atoms with E-state index in [-0.39, 0.29) is 5.54 Å². The zero-order chi connectivity index (χ0) is 14.6. The predicted octanol–water partition coefficient (Wildman–Crippen LogP) is 2.82. The van der Waals surface area contributed by atoms with Gasteiger partial charge in [-0.3, -0.25) is 9.58 Å². The summed E-state index contributed by atoms with van der Waals surface area (Å²) in [5, 5.41) is 8.22. The molecule has 1 aromatic heterocycles. The summed E-state index contributed by atoms with van der Waals surface area (Å²) in [5.41, 5.74) is 1.44. The summed E-state index contributed by atoms with van der Waals surface area (Å²) in [4.78, 5) is 2.63. The molecule has 4 nitrogen and oxygen atoms in total. The van der Waals surface area contributed by atoms with Gasteiger partial charge >= 0.3 is 0 Å². The highest BCUT2D eigenvalue weighted by molar-refractivity contribution is 5.14. The fourth-order valence-electron chi connectivity index (χ4n) is 3.33. The molecule has 1 unspecified atom stereocenters. The molecule has 0 saturated carbocycles. The number of aryl methyl sites for hydroxylation is 1. The Balaban J connectivity index is 2.26. The molecule has 0 aliphatic carbocycles. The smallest absolute Gasteiger partial charge is 0.0673 e. The van der Waals surface area contributed by atoms with Crippen LogP contribution >= 0.6 is 0 Å². The van der Waals surface area contributed by atoms with Gasteiger partial charge in [0, 0.05) is 18.3 Å². The number of rotatable bonds is 7. The minimum atomic E-state index is 0.124. The molecule has 1 aromatic rings. The van der Waals surface area contributed by atoms with E-state index < -0.39 is 0 Å². The maximum atomic E-state index is 4.46. The summed E-state index contributed by atoms with van der Waals surface area (Å²) < 4.78 is 2.13. The average Bonchev–Trinajstić information content (AvgIpc) is 3.10. The van der Waals surface area contributed by atoms with Crippen molar-refractivity contribution >= 4 is 0 Å². The van der Waals surface area contributed by atoms with E-state index in [1.807, 2.05) is 6.20 Å². The summed E-state index contributed by atoms with van der Waals surface area (Å²) in [7, 11) is 0. The second-order valence-corrected chi connectivity index (χ2v) is 6.31. The van der Waals surface area contributed by atoms with E-state index in [9.17, 15) is 0 Å². The van der Waals surface area contributed by atoms with E-state index in [1.54, 1.807) is 0 Å². The van der Waals surface area contributed by atoms with Crippen LogP contribution in [0, 0.1) is 0 Å². The lowest BCUT2D eigenvalue weighted by Crippen LogP contribution is -2.52. The van der Waals surface area contributed by atoms with Crippen molar-refractivity contribution in [1.29, 1.82) is 0 Å². The first-order chi connectivity index (χ1) is 9.61. The molecule has 1 fully saturated rings. The molecule has 2 rings (SSSR count). The van der Waals surface area contributed by atoms with Gasteiger partial charge in [-0.2, -0.15) is 5.10 Å². The van der Waals surface area contributed by atoms with Gasteiger partial charge in [0.1, 0.15) is 0 Å². The van der Waals surface area contributed by atoms with Crippen molar-refractivity contribution in [2.45, 2.75) is 65.1 Å². The maximum Gasteiger partial charge on any atom is 0.0673 e. The third-order valence-electron chi connectivity index (χ3n) is 4.57. The van der Waals surface area contributed by atoms with Gasteiger partial charge in [0.15, 0.2) is 0 Å². The third kappa shape index (κ3) is 3.07. The zero-order valence-corrected chi connectivity index (χ0v) is 13.5. The minimum absolute atomic E-state index is 0.124. The summed E-state index contributed by atoms with van der Waals surface area (Å²) in [6.45, 7) is 13.6. The van der Waals surface area contributed by atoms with Crippen molar-refractivity contribution in [3.8, 4) is 0 Å². The van der Waals surface area contributed by atoms with Crippen LogP contribution in [0.1, 0.15) is 58.7 Å². The van der Waals surface area contributed by atoms with Crippen LogP contribution in [0.3, 0.4) is 0 Å². The van der Waals surface area contributed by atoms with E-state index in [0.29, 0.717) is 6.04 Å². The standard InChI is InChI=1S/C16H30N4/c1-5-10-17-15(14-9-11-18-20(14)6-2)16(3,4)19-12-7-8-13-19/h9,11,15,17H,5-8,10,12-13H2,1-4H3. The molecule has 1 aliphatic heterocycles. The highest BCUT2D eigenvalue weighted by atomic mass is 15.3. The average molecular weight is 278 g/mol. The van der Waals surface area contributed by atoms with Crippen molar-refractivity contribution in [2.75, 3.05) is 19.6 Å². The van der Waals surface area contributed by atoms with Crippen LogP contribution in [-0.2, 0) is 6.54 Å². The molecule has 2 heterocycles. The van der Waals surface area contributed by atoms with E-state index in [1.165, 1.54) is 31.6 Å². The molecule has 4 heteroatoms. The number of aromatic nitrogens is 2. The molecular weight excluding hydrogens is 248 g/mol. The van der Waals surface area contributed by atoms with Crippen LogP contribution < -0.4 is 5.32 Å². The van der Waals surface area contributed by atoms with Gasteiger partial charge in [0.2, 0.25) is 0 Å². The van der Waals surface area contributed by atoms with E-state index in [4.69, 9.17) is 0 Å². The summed E-state index contributed by atoms with van der Waals surface area (Å²) >= 11 is 0. The second kappa shape index (κ2) is 6.72. The lowest BCUT2D eigenvalue weighted by Gasteiger charge is -2.42. The largest absolute Gasteiger partial charge is 0.307 e. The topological polar surface area (TPSA) is 33.1 Å². The van der Waals surface area contributed by atoms with Gasteiger partial charge in [-0.1, -0.05) is 6.92 Å². The van der Waals surface area contributed by atoms with Gasteiger partial charge in [0.25, 0.3) is 0 Å². The van der Waals surface area contributed by atoms with Crippen molar-refractivity contribution in [3.05, 3.63) is 18.0 Å². The van der Waals surface area contributed by atoms with Crippen LogP contribution in [-0.4, -0.2) is 39.9 Å². The first kappa shape index (κ1) is 15.5. The zero-order valence-electron chi connectivity index (χ0n) is 13.5. The highest BCUT2D eigenvalue weighted by Crippen LogP contribution is 2.33. The van der Waals surface area contributed by atoms with E-state index >= 15 is 0 Å². The van der Waals surface area contributed by atoms with Crippen molar-refractivity contribution in [3.63, 3.8) is 0 Å². The monoisotopic (exact) mass is 278 g/mol. The van der Waals surface area contributed by atoms with Crippen molar-refractivity contribution in [1.82, 2.24) is 20.0 Å². The molecule has 1 saturated heterocycles. The molecule has 0 spiro atoms.